The number of aliphatic hydroxyl groups is 1. The van der Waals surface area contributed by atoms with Crippen molar-refractivity contribution in [2.24, 2.45) is 0 Å². The summed E-state index contributed by atoms with van der Waals surface area (Å²) in [5, 5.41) is 9.34. The van der Waals surface area contributed by atoms with Crippen LogP contribution in [0.5, 0.6) is 0 Å². The third-order valence-electron chi connectivity index (χ3n) is 2.10. The molecule has 0 fully saturated rings. The van der Waals surface area contributed by atoms with Crippen LogP contribution in [0.1, 0.15) is 17.2 Å². The van der Waals surface area contributed by atoms with Crippen LogP contribution >= 0.6 is 15.9 Å². The summed E-state index contributed by atoms with van der Waals surface area (Å²) in [6.07, 6.45) is 1.23. The number of alkyl halides is 1. The van der Waals surface area contributed by atoms with E-state index in [0.29, 0.717) is 5.56 Å². The zero-order chi connectivity index (χ0) is 8.72. The predicted molar refractivity (Wildman–Crippen MR) is 45.5 cm³/mol. The summed E-state index contributed by atoms with van der Waals surface area (Å²) in [6.45, 7) is 0. The number of nitrogens with zero attached hydrogens (tertiary/aromatic N) is 1. The fourth-order valence-corrected chi connectivity index (χ4v) is 1.96. The van der Waals surface area contributed by atoms with Crippen molar-refractivity contribution in [3.05, 3.63) is 28.0 Å². The highest BCUT2D eigenvalue weighted by atomic mass is 79.9. The van der Waals surface area contributed by atoms with E-state index in [1.807, 2.05) is 0 Å². The molecule has 0 saturated carbocycles. The standard InChI is InChI=1S/C8H7BrFNO/c9-6-3-11-2-5-4(6)1-7(10)8(5)12/h2-3,7-8,12H,1H2/t7-,8?/m1/s1. The molecule has 64 valence electrons. The molecule has 12 heavy (non-hydrogen) atoms. The lowest BCUT2D eigenvalue weighted by atomic mass is 10.2. The van der Waals surface area contributed by atoms with Gasteiger partial charge in [-0.15, -0.1) is 0 Å². The molecule has 2 nitrogen and oxygen atoms in total. The molecule has 1 aliphatic rings. The van der Waals surface area contributed by atoms with Gasteiger partial charge in [0.1, 0.15) is 12.3 Å². The van der Waals surface area contributed by atoms with Crippen LogP contribution in [0.15, 0.2) is 16.9 Å². The molecule has 2 atom stereocenters. The van der Waals surface area contributed by atoms with E-state index in [-0.39, 0.29) is 6.42 Å². The summed E-state index contributed by atoms with van der Waals surface area (Å²) >= 11 is 3.26. The van der Waals surface area contributed by atoms with E-state index >= 15 is 0 Å². The summed E-state index contributed by atoms with van der Waals surface area (Å²) in [7, 11) is 0. The monoisotopic (exact) mass is 231 g/mol. The summed E-state index contributed by atoms with van der Waals surface area (Å²) in [5.41, 5.74) is 1.45. The second kappa shape index (κ2) is 2.78. The van der Waals surface area contributed by atoms with Crippen molar-refractivity contribution >= 4 is 15.9 Å². The maximum absolute atomic E-state index is 13.0. The van der Waals surface area contributed by atoms with Crippen LogP contribution in [0.25, 0.3) is 0 Å². The smallest absolute Gasteiger partial charge is 0.134 e. The first kappa shape index (κ1) is 8.13. The van der Waals surface area contributed by atoms with Crippen molar-refractivity contribution in [3.8, 4) is 0 Å². The van der Waals surface area contributed by atoms with Crippen molar-refractivity contribution in [2.75, 3.05) is 0 Å². The average Bonchev–Trinajstić information content (AvgIpc) is 2.32. The predicted octanol–water partition coefficient (Wildman–Crippen LogP) is 1.77. The van der Waals surface area contributed by atoms with E-state index in [1.165, 1.54) is 6.20 Å². The molecule has 1 aromatic rings. The van der Waals surface area contributed by atoms with E-state index in [9.17, 15) is 9.50 Å². The molecular formula is C8H7BrFNO. The van der Waals surface area contributed by atoms with Crippen LogP contribution in [0, 0.1) is 0 Å². The van der Waals surface area contributed by atoms with Crippen molar-refractivity contribution in [3.63, 3.8) is 0 Å². The molecule has 1 N–H and O–H groups in total. The maximum atomic E-state index is 13.0. The molecule has 1 heterocycles. The molecule has 1 unspecified atom stereocenters. The number of pyridine rings is 1. The van der Waals surface area contributed by atoms with Gasteiger partial charge in [0.05, 0.1) is 0 Å². The Morgan fingerprint density at radius 2 is 2.33 bits per heavy atom. The number of rotatable bonds is 0. The lowest BCUT2D eigenvalue weighted by Crippen LogP contribution is -2.06. The van der Waals surface area contributed by atoms with Gasteiger partial charge in [0, 0.05) is 28.9 Å². The number of fused-ring (bicyclic) bond motifs is 1. The first-order chi connectivity index (χ1) is 5.70. The highest BCUT2D eigenvalue weighted by Crippen LogP contribution is 2.36. The molecule has 1 aliphatic carbocycles. The van der Waals surface area contributed by atoms with Gasteiger partial charge in [-0.3, -0.25) is 4.98 Å². The highest BCUT2D eigenvalue weighted by molar-refractivity contribution is 9.10. The van der Waals surface area contributed by atoms with Gasteiger partial charge in [-0.2, -0.15) is 0 Å². The maximum Gasteiger partial charge on any atom is 0.134 e. The lowest BCUT2D eigenvalue weighted by molar-refractivity contribution is 0.0924. The van der Waals surface area contributed by atoms with Crippen LogP contribution in [0.2, 0.25) is 0 Å². The molecule has 0 bridgehead atoms. The Morgan fingerprint density at radius 1 is 1.58 bits per heavy atom. The van der Waals surface area contributed by atoms with E-state index in [2.05, 4.69) is 20.9 Å². The van der Waals surface area contributed by atoms with Crippen molar-refractivity contribution in [1.29, 1.82) is 0 Å². The molecular weight excluding hydrogens is 225 g/mol. The fraction of sp³-hybridized carbons (Fsp3) is 0.375. The molecule has 0 radical (unpaired) electrons. The SMILES string of the molecule is OC1c2cncc(Br)c2C[C@H]1F. The third-order valence-corrected chi connectivity index (χ3v) is 2.78. The van der Waals surface area contributed by atoms with Crippen LogP contribution in [-0.4, -0.2) is 16.3 Å². The molecule has 0 saturated heterocycles. The first-order valence-electron chi connectivity index (χ1n) is 3.64. The Hall–Kier alpha value is -0.480. The third kappa shape index (κ3) is 1.06. The van der Waals surface area contributed by atoms with Gasteiger partial charge in [-0.05, 0) is 21.5 Å². The van der Waals surface area contributed by atoms with E-state index in [1.54, 1.807) is 6.20 Å². The number of hydrogen-bond donors (Lipinski definition) is 1. The van der Waals surface area contributed by atoms with Gasteiger partial charge < -0.3 is 5.11 Å². The summed E-state index contributed by atoms with van der Waals surface area (Å²) in [5.74, 6) is 0. The zero-order valence-corrected chi connectivity index (χ0v) is 7.75. The van der Waals surface area contributed by atoms with Crippen molar-refractivity contribution in [2.45, 2.75) is 18.7 Å². The Bertz CT molecular complexity index is 318. The summed E-state index contributed by atoms with van der Waals surface area (Å²) in [6, 6.07) is 0. The number of halogens is 2. The first-order valence-corrected chi connectivity index (χ1v) is 4.44. The highest BCUT2D eigenvalue weighted by Gasteiger charge is 2.32. The Kier molecular flexibility index (Phi) is 1.88. The number of hydrogen-bond acceptors (Lipinski definition) is 2. The Labute approximate surface area is 77.6 Å². The van der Waals surface area contributed by atoms with Crippen LogP contribution in [0.4, 0.5) is 4.39 Å². The van der Waals surface area contributed by atoms with E-state index < -0.39 is 12.3 Å². The van der Waals surface area contributed by atoms with Crippen molar-refractivity contribution in [1.82, 2.24) is 4.98 Å². The van der Waals surface area contributed by atoms with E-state index in [4.69, 9.17) is 0 Å². The van der Waals surface area contributed by atoms with E-state index in [0.717, 1.165) is 10.0 Å². The van der Waals surface area contributed by atoms with Gasteiger partial charge in [0.2, 0.25) is 0 Å². The molecule has 1 aromatic heterocycles. The van der Waals surface area contributed by atoms with Crippen LogP contribution in [-0.2, 0) is 6.42 Å². The second-order valence-electron chi connectivity index (χ2n) is 2.85. The average molecular weight is 232 g/mol. The number of aliphatic hydroxyl groups excluding tert-OH is 1. The molecule has 0 amide bonds. The minimum atomic E-state index is -1.18. The Morgan fingerprint density at radius 3 is 3.00 bits per heavy atom. The van der Waals surface area contributed by atoms with Gasteiger partial charge in [-0.1, -0.05) is 0 Å². The molecule has 0 aliphatic heterocycles. The van der Waals surface area contributed by atoms with Crippen molar-refractivity contribution < 1.29 is 9.50 Å². The number of aromatic nitrogens is 1. The topological polar surface area (TPSA) is 33.1 Å². The summed E-state index contributed by atoms with van der Waals surface area (Å²) < 4.78 is 13.8. The minimum absolute atomic E-state index is 0.277. The second-order valence-corrected chi connectivity index (χ2v) is 3.71. The van der Waals surface area contributed by atoms with Gasteiger partial charge >= 0.3 is 0 Å². The van der Waals surface area contributed by atoms with Crippen LogP contribution < -0.4 is 0 Å². The molecule has 4 heteroatoms. The van der Waals surface area contributed by atoms with Gasteiger partial charge in [-0.25, -0.2) is 4.39 Å². The molecule has 2 rings (SSSR count). The van der Waals surface area contributed by atoms with Gasteiger partial charge in [0.15, 0.2) is 0 Å². The lowest BCUT2D eigenvalue weighted by Gasteiger charge is -2.04. The largest absolute Gasteiger partial charge is 0.385 e. The normalized spacial score (nSPS) is 27.2. The van der Waals surface area contributed by atoms with Gasteiger partial charge in [0.25, 0.3) is 0 Å². The summed E-state index contributed by atoms with van der Waals surface area (Å²) in [4.78, 5) is 3.87. The Balaban J connectivity index is 2.53. The molecule has 0 spiro atoms. The minimum Gasteiger partial charge on any atom is -0.385 e. The molecule has 0 aromatic carbocycles. The quantitative estimate of drug-likeness (QED) is 0.739. The zero-order valence-electron chi connectivity index (χ0n) is 6.17. The fourth-order valence-electron chi connectivity index (χ4n) is 1.45. The van der Waals surface area contributed by atoms with Crippen LogP contribution in [0.3, 0.4) is 0 Å².